The topological polar surface area (TPSA) is 22.1 Å². The third kappa shape index (κ3) is 2.56. The molecule has 2 aromatic rings. The van der Waals surface area contributed by atoms with Crippen LogP contribution in [0.25, 0.3) is 0 Å². The molecule has 0 spiro atoms. The smallest absolute Gasteiger partial charge is 0.103 e. The second-order valence-corrected chi connectivity index (χ2v) is 5.43. The van der Waals surface area contributed by atoms with Gasteiger partial charge in [0.05, 0.1) is 12.3 Å². The van der Waals surface area contributed by atoms with Crippen LogP contribution in [0.3, 0.4) is 0 Å². The minimum Gasteiger partial charge on any atom is -0.378 e. The number of hydrogen-bond acceptors (Lipinski definition) is 3. The molecule has 0 aliphatic heterocycles. The van der Waals surface area contributed by atoms with Gasteiger partial charge >= 0.3 is 0 Å². The fourth-order valence-electron chi connectivity index (χ4n) is 1.79. The van der Waals surface area contributed by atoms with E-state index in [1.165, 1.54) is 5.56 Å². The fraction of sp³-hybridized carbons (Fsp3) is 0.357. The maximum absolute atomic E-state index is 5.10. The van der Waals surface area contributed by atoms with Gasteiger partial charge in [0.25, 0.3) is 0 Å². The predicted molar refractivity (Wildman–Crippen MR) is 71.4 cm³/mol. The van der Waals surface area contributed by atoms with Gasteiger partial charge in [-0.3, -0.25) is 0 Å². The number of benzene rings is 1. The van der Waals surface area contributed by atoms with Crippen molar-refractivity contribution in [2.75, 3.05) is 7.11 Å². The molecule has 0 radical (unpaired) electrons. The first kappa shape index (κ1) is 12.3. The molecule has 17 heavy (non-hydrogen) atoms. The minimum absolute atomic E-state index is 0.0437. The molecule has 2 rings (SSSR count). The first-order valence-corrected chi connectivity index (χ1v) is 6.52. The van der Waals surface area contributed by atoms with E-state index in [1.54, 1.807) is 18.4 Å². The van der Waals surface area contributed by atoms with Crippen molar-refractivity contribution in [2.24, 2.45) is 0 Å². The number of nitrogens with zero attached hydrogens (tertiary/aromatic N) is 1. The summed E-state index contributed by atoms with van der Waals surface area (Å²) < 4.78 is 5.10. The van der Waals surface area contributed by atoms with Crippen LogP contribution in [-0.2, 0) is 16.8 Å². The van der Waals surface area contributed by atoms with Gasteiger partial charge in [-0.2, -0.15) is 0 Å². The van der Waals surface area contributed by atoms with E-state index in [-0.39, 0.29) is 5.41 Å². The molecule has 1 aromatic heterocycles. The summed E-state index contributed by atoms with van der Waals surface area (Å²) in [7, 11) is 1.70. The lowest BCUT2D eigenvalue weighted by Crippen LogP contribution is -2.18. The van der Waals surface area contributed by atoms with E-state index < -0.39 is 0 Å². The number of rotatable bonds is 4. The number of methoxy groups -OCH3 is 1. The van der Waals surface area contributed by atoms with E-state index in [4.69, 9.17) is 4.74 Å². The highest BCUT2D eigenvalue weighted by atomic mass is 32.1. The third-order valence-electron chi connectivity index (χ3n) is 2.87. The standard InChI is InChI=1S/C14H17NOS/c1-14(2,11-7-5-4-6-8-11)13-15-12(9-16-3)10-17-13/h4-8,10H,9H2,1-3H3. The molecule has 0 amide bonds. The molecule has 3 heteroatoms. The van der Waals surface area contributed by atoms with Gasteiger partial charge in [0.2, 0.25) is 0 Å². The maximum atomic E-state index is 5.10. The van der Waals surface area contributed by atoms with Crippen LogP contribution in [0.4, 0.5) is 0 Å². The Morgan fingerprint density at radius 2 is 1.94 bits per heavy atom. The zero-order chi connectivity index (χ0) is 12.3. The van der Waals surface area contributed by atoms with E-state index >= 15 is 0 Å². The van der Waals surface area contributed by atoms with Gasteiger partial charge in [0, 0.05) is 17.9 Å². The summed E-state index contributed by atoms with van der Waals surface area (Å²) in [5.41, 5.74) is 2.26. The van der Waals surface area contributed by atoms with Gasteiger partial charge in [0.15, 0.2) is 0 Å². The van der Waals surface area contributed by atoms with Crippen molar-refractivity contribution in [3.05, 3.63) is 52.0 Å². The molecule has 0 aliphatic carbocycles. The van der Waals surface area contributed by atoms with Gasteiger partial charge in [-0.05, 0) is 19.4 Å². The summed E-state index contributed by atoms with van der Waals surface area (Å²) in [6.07, 6.45) is 0. The second kappa shape index (κ2) is 4.98. The van der Waals surface area contributed by atoms with Gasteiger partial charge in [-0.25, -0.2) is 4.98 Å². The van der Waals surface area contributed by atoms with Crippen molar-refractivity contribution >= 4 is 11.3 Å². The Hall–Kier alpha value is -1.19. The fourth-order valence-corrected chi connectivity index (χ4v) is 2.74. The predicted octanol–water partition coefficient (Wildman–Crippen LogP) is 3.62. The highest BCUT2D eigenvalue weighted by Crippen LogP contribution is 2.33. The molecule has 0 fully saturated rings. The van der Waals surface area contributed by atoms with Crippen LogP contribution in [-0.4, -0.2) is 12.1 Å². The largest absolute Gasteiger partial charge is 0.378 e. The van der Waals surface area contributed by atoms with Crippen LogP contribution in [0.2, 0.25) is 0 Å². The van der Waals surface area contributed by atoms with Crippen molar-refractivity contribution in [2.45, 2.75) is 25.9 Å². The second-order valence-electron chi connectivity index (χ2n) is 4.57. The molecule has 0 N–H and O–H groups in total. The lowest BCUT2D eigenvalue weighted by atomic mass is 9.85. The van der Waals surface area contributed by atoms with Crippen molar-refractivity contribution in [3.63, 3.8) is 0 Å². The SMILES string of the molecule is COCc1csc(C(C)(C)c2ccccc2)n1. The van der Waals surface area contributed by atoms with Crippen molar-refractivity contribution in [3.8, 4) is 0 Å². The van der Waals surface area contributed by atoms with E-state index in [2.05, 4.69) is 48.5 Å². The molecule has 0 saturated heterocycles. The molecule has 1 heterocycles. The molecule has 0 unspecified atom stereocenters. The van der Waals surface area contributed by atoms with Crippen LogP contribution in [0, 0.1) is 0 Å². The van der Waals surface area contributed by atoms with Gasteiger partial charge in [0.1, 0.15) is 5.01 Å². The Balaban J connectivity index is 2.31. The Labute approximate surface area is 106 Å². The number of ether oxygens (including phenoxy) is 1. The van der Waals surface area contributed by atoms with Gasteiger partial charge < -0.3 is 4.74 Å². The summed E-state index contributed by atoms with van der Waals surface area (Å²) in [5.74, 6) is 0. The summed E-state index contributed by atoms with van der Waals surface area (Å²) in [4.78, 5) is 4.64. The molecular weight excluding hydrogens is 230 g/mol. The van der Waals surface area contributed by atoms with Gasteiger partial charge in [-0.15, -0.1) is 11.3 Å². The van der Waals surface area contributed by atoms with Crippen LogP contribution >= 0.6 is 11.3 Å². The van der Waals surface area contributed by atoms with Crippen LogP contribution in [0.5, 0.6) is 0 Å². The molecule has 0 saturated carbocycles. The van der Waals surface area contributed by atoms with Crippen LogP contribution in [0.15, 0.2) is 35.7 Å². The zero-order valence-electron chi connectivity index (χ0n) is 10.4. The number of thiazole rings is 1. The minimum atomic E-state index is -0.0437. The molecule has 0 atom stereocenters. The molecular formula is C14H17NOS. The maximum Gasteiger partial charge on any atom is 0.103 e. The molecule has 90 valence electrons. The van der Waals surface area contributed by atoms with Gasteiger partial charge in [-0.1, -0.05) is 30.3 Å². The van der Waals surface area contributed by atoms with E-state index in [9.17, 15) is 0 Å². The Kier molecular flexibility index (Phi) is 3.60. The van der Waals surface area contributed by atoms with Crippen LogP contribution < -0.4 is 0 Å². The first-order valence-electron chi connectivity index (χ1n) is 5.64. The number of hydrogen-bond donors (Lipinski definition) is 0. The summed E-state index contributed by atoms with van der Waals surface area (Å²) in [6, 6.07) is 10.5. The highest BCUT2D eigenvalue weighted by molar-refractivity contribution is 7.09. The zero-order valence-corrected chi connectivity index (χ0v) is 11.3. The Morgan fingerprint density at radius 3 is 2.59 bits per heavy atom. The van der Waals surface area contributed by atoms with Crippen LogP contribution in [0.1, 0.15) is 30.1 Å². The van der Waals surface area contributed by atoms with Crippen molar-refractivity contribution < 1.29 is 4.74 Å². The lowest BCUT2D eigenvalue weighted by molar-refractivity contribution is 0.182. The summed E-state index contributed by atoms with van der Waals surface area (Å²) >= 11 is 1.70. The van der Waals surface area contributed by atoms with E-state index in [0.29, 0.717) is 6.61 Å². The molecule has 0 aliphatic rings. The third-order valence-corrected chi connectivity index (χ3v) is 4.09. The molecule has 0 bridgehead atoms. The normalized spacial score (nSPS) is 11.7. The summed E-state index contributed by atoms with van der Waals surface area (Å²) in [5, 5.41) is 3.21. The monoisotopic (exact) mass is 247 g/mol. The average molecular weight is 247 g/mol. The van der Waals surface area contributed by atoms with Crippen molar-refractivity contribution in [1.82, 2.24) is 4.98 Å². The number of aromatic nitrogens is 1. The quantitative estimate of drug-likeness (QED) is 0.823. The average Bonchev–Trinajstić information content (AvgIpc) is 2.80. The first-order chi connectivity index (χ1) is 8.14. The Morgan fingerprint density at radius 1 is 1.24 bits per heavy atom. The Bertz CT molecular complexity index is 476. The summed E-state index contributed by atoms with van der Waals surface area (Å²) in [6.45, 7) is 5.00. The van der Waals surface area contributed by atoms with Crippen molar-refractivity contribution in [1.29, 1.82) is 0 Å². The van der Waals surface area contributed by atoms with E-state index in [0.717, 1.165) is 10.7 Å². The van der Waals surface area contributed by atoms with E-state index in [1.807, 2.05) is 6.07 Å². The highest BCUT2D eigenvalue weighted by Gasteiger charge is 2.26. The lowest BCUT2D eigenvalue weighted by Gasteiger charge is -2.22. The molecule has 2 nitrogen and oxygen atoms in total. The molecule has 1 aromatic carbocycles.